The van der Waals surface area contributed by atoms with Gasteiger partial charge < -0.3 is 10.3 Å². The number of halogens is 3. The Balaban J connectivity index is 1.86. The number of rotatable bonds is 7. The number of benzene rings is 2. The number of imidazole rings is 1. The van der Waals surface area contributed by atoms with Gasteiger partial charge in [-0.2, -0.15) is 13.2 Å². The fourth-order valence-electron chi connectivity index (χ4n) is 4.35. The highest BCUT2D eigenvalue weighted by molar-refractivity contribution is 7.92. The average Bonchev–Trinajstić information content (AvgIpc) is 3.23. The van der Waals surface area contributed by atoms with E-state index in [1.165, 1.54) is 30.3 Å². The molecule has 0 spiro atoms. The molecule has 0 radical (unpaired) electrons. The van der Waals surface area contributed by atoms with Gasteiger partial charge in [0.25, 0.3) is 11.5 Å². The van der Waals surface area contributed by atoms with Crippen molar-refractivity contribution in [3.05, 3.63) is 99.2 Å². The SMILES string of the molecule is Cc1cnc(-c2cc(C(N)=O)c(=O)n(-c3cccc(C(F)(F)F)c3)c2C)n1Cc1ccc(S(=O)(=O)C(C)C)cc1. The molecule has 2 aromatic carbocycles. The van der Waals surface area contributed by atoms with Crippen molar-refractivity contribution in [2.45, 2.75) is 50.6 Å². The fraction of sp³-hybridized carbons (Fsp3) is 0.250. The Bertz CT molecular complexity index is 1770. The zero-order chi connectivity index (χ0) is 29.6. The van der Waals surface area contributed by atoms with Crippen molar-refractivity contribution in [3.63, 3.8) is 0 Å². The Morgan fingerprint density at radius 1 is 1.05 bits per heavy atom. The van der Waals surface area contributed by atoms with Crippen molar-refractivity contribution in [1.82, 2.24) is 14.1 Å². The number of carbonyl (C=O) groups is 1. The Kier molecular flexibility index (Phi) is 7.50. The third-order valence-corrected chi connectivity index (χ3v) is 8.82. The number of alkyl halides is 3. The van der Waals surface area contributed by atoms with Crippen molar-refractivity contribution >= 4 is 15.7 Å². The van der Waals surface area contributed by atoms with Gasteiger partial charge in [-0.1, -0.05) is 18.2 Å². The van der Waals surface area contributed by atoms with Crippen LogP contribution in [0.15, 0.2) is 70.5 Å². The zero-order valence-electron chi connectivity index (χ0n) is 22.2. The van der Waals surface area contributed by atoms with Gasteiger partial charge in [-0.15, -0.1) is 0 Å². The molecule has 4 aromatic rings. The number of hydrogen-bond donors (Lipinski definition) is 1. The molecule has 4 rings (SSSR count). The Morgan fingerprint density at radius 3 is 2.27 bits per heavy atom. The Morgan fingerprint density at radius 2 is 1.70 bits per heavy atom. The summed E-state index contributed by atoms with van der Waals surface area (Å²) in [5, 5.41) is -0.573. The predicted molar refractivity (Wildman–Crippen MR) is 144 cm³/mol. The molecule has 210 valence electrons. The molecular formula is C28H27F3N4O4S. The molecule has 40 heavy (non-hydrogen) atoms. The average molecular weight is 573 g/mol. The molecule has 12 heteroatoms. The molecule has 2 aromatic heterocycles. The quantitative estimate of drug-likeness (QED) is 0.346. The number of aryl methyl sites for hydroxylation is 1. The first-order valence-electron chi connectivity index (χ1n) is 12.2. The molecule has 2 N–H and O–H groups in total. The molecule has 0 aliphatic heterocycles. The van der Waals surface area contributed by atoms with Crippen LogP contribution < -0.4 is 11.3 Å². The molecule has 0 atom stereocenters. The lowest BCUT2D eigenvalue weighted by atomic mass is 10.1. The van der Waals surface area contributed by atoms with E-state index in [1.807, 2.05) is 0 Å². The normalized spacial score (nSPS) is 12.2. The van der Waals surface area contributed by atoms with Gasteiger partial charge >= 0.3 is 6.18 Å². The van der Waals surface area contributed by atoms with Gasteiger partial charge in [-0.25, -0.2) is 13.4 Å². The largest absolute Gasteiger partial charge is 0.416 e. The minimum absolute atomic E-state index is 0.0848. The predicted octanol–water partition coefficient (Wildman–Crippen LogP) is 4.67. The second-order valence-corrected chi connectivity index (χ2v) is 12.2. The van der Waals surface area contributed by atoms with Crippen LogP contribution in [0.25, 0.3) is 17.1 Å². The van der Waals surface area contributed by atoms with Crippen LogP contribution in [-0.2, 0) is 22.6 Å². The molecule has 8 nitrogen and oxygen atoms in total. The molecule has 0 saturated carbocycles. The van der Waals surface area contributed by atoms with Crippen molar-refractivity contribution in [1.29, 1.82) is 0 Å². The number of carbonyl (C=O) groups excluding carboxylic acids is 1. The lowest BCUT2D eigenvalue weighted by Gasteiger charge is -2.18. The molecule has 1 amide bonds. The molecule has 0 aliphatic carbocycles. The standard InChI is InChI=1S/C28H27F3N4O4S/c1-16(2)40(38,39)22-10-8-19(9-11-22)15-34-17(3)14-33-26(34)23-13-24(25(32)36)27(37)35(18(23)4)21-7-5-6-20(12-21)28(29,30)31/h5-14,16H,15H2,1-4H3,(H2,32,36). The maximum atomic E-state index is 13.4. The first-order chi connectivity index (χ1) is 18.6. The van der Waals surface area contributed by atoms with E-state index in [4.69, 9.17) is 5.73 Å². The van der Waals surface area contributed by atoms with Crippen molar-refractivity contribution in [2.24, 2.45) is 5.73 Å². The maximum Gasteiger partial charge on any atom is 0.416 e. The Hall–Kier alpha value is -4.19. The summed E-state index contributed by atoms with van der Waals surface area (Å²) in [5.74, 6) is -0.694. The molecule has 0 bridgehead atoms. The monoisotopic (exact) mass is 572 g/mol. The van der Waals surface area contributed by atoms with Crippen LogP contribution in [0.1, 0.15) is 46.7 Å². The second-order valence-electron chi connectivity index (χ2n) is 9.66. The smallest absolute Gasteiger partial charge is 0.365 e. The zero-order valence-corrected chi connectivity index (χ0v) is 23.0. The summed E-state index contributed by atoms with van der Waals surface area (Å²) in [5.41, 5.74) is 5.21. The van der Waals surface area contributed by atoms with Gasteiger partial charge in [0.2, 0.25) is 0 Å². The van der Waals surface area contributed by atoms with Crippen LogP contribution in [0, 0.1) is 13.8 Å². The summed E-state index contributed by atoms with van der Waals surface area (Å²) in [6, 6.07) is 11.9. The number of pyridine rings is 1. The molecule has 0 unspecified atom stereocenters. The van der Waals surface area contributed by atoms with E-state index in [0.29, 0.717) is 17.1 Å². The number of amides is 1. The van der Waals surface area contributed by atoms with Crippen molar-refractivity contribution < 1.29 is 26.4 Å². The van der Waals surface area contributed by atoms with Gasteiger partial charge in [0, 0.05) is 35.4 Å². The number of aromatic nitrogens is 3. The van der Waals surface area contributed by atoms with E-state index in [2.05, 4.69) is 4.98 Å². The van der Waals surface area contributed by atoms with Crippen LogP contribution in [0.2, 0.25) is 0 Å². The van der Waals surface area contributed by atoms with E-state index in [9.17, 15) is 31.2 Å². The Labute approximate surface area is 228 Å². The van der Waals surface area contributed by atoms with Crippen molar-refractivity contribution in [2.75, 3.05) is 0 Å². The van der Waals surface area contributed by atoms with Gasteiger partial charge in [-0.05, 0) is 69.7 Å². The highest BCUT2D eigenvalue weighted by Gasteiger charge is 2.31. The van der Waals surface area contributed by atoms with E-state index in [1.54, 1.807) is 50.6 Å². The highest BCUT2D eigenvalue weighted by atomic mass is 32.2. The highest BCUT2D eigenvalue weighted by Crippen LogP contribution is 2.32. The molecule has 2 heterocycles. The molecular weight excluding hydrogens is 545 g/mol. The first kappa shape index (κ1) is 28.8. The van der Waals surface area contributed by atoms with Crippen LogP contribution in [0.5, 0.6) is 0 Å². The molecule has 0 saturated heterocycles. The van der Waals surface area contributed by atoms with Crippen LogP contribution in [-0.4, -0.2) is 33.7 Å². The minimum Gasteiger partial charge on any atom is -0.365 e. The fourth-order valence-corrected chi connectivity index (χ4v) is 5.41. The number of primary amides is 1. The maximum absolute atomic E-state index is 13.4. The lowest BCUT2D eigenvalue weighted by Crippen LogP contribution is -2.31. The number of sulfone groups is 1. The summed E-state index contributed by atoms with van der Waals surface area (Å²) in [4.78, 5) is 30.1. The van der Waals surface area contributed by atoms with Crippen LogP contribution in [0.4, 0.5) is 13.2 Å². The first-order valence-corrected chi connectivity index (χ1v) is 13.8. The second kappa shape index (κ2) is 10.4. The number of nitrogens with zero attached hydrogens (tertiary/aromatic N) is 3. The molecule has 0 aliphatic rings. The summed E-state index contributed by atoms with van der Waals surface area (Å²) >= 11 is 0. The summed E-state index contributed by atoms with van der Waals surface area (Å²) in [6.45, 7) is 6.80. The van der Waals surface area contributed by atoms with Gasteiger partial charge in [0.1, 0.15) is 11.4 Å². The van der Waals surface area contributed by atoms with Gasteiger partial charge in [0.05, 0.1) is 15.7 Å². The van der Waals surface area contributed by atoms with Crippen LogP contribution >= 0.6 is 0 Å². The number of hydrogen-bond acceptors (Lipinski definition) is 5. The van der Waals surface area contributed by atoms with E-state index < -0.39 is 43.9 Å². The van der Waals surface area contributed by atoms with Gasteiger partial charge in [0.15, 0.2) is 9.84 Å². The molecule has 0 fully saturated rings. The summed E-state index contributed by atoms with van der Waals surface area (Å²) in [7, 11) is -3.45. The minimum atomic E-state index is -4.64. The third-order valence-electron chi connectivity index (χ3n) is 6.65. The van der Waals surface area contributed by atoms with Crippen molar-refractivity contribution in [3.8, 4) is 17.1 Å². The van der Waals surface area contributed by atoms with E-state index in [-0.39, 0.29) is 22.8 Å². The topological polar surface area (TPSA) is 117 Å². The van der Waals surface area contributed by atoms with E-state index >= 15 is 0 Å². The summed E-state index contributed by atoms with van der Waals surface area (Å²) < 4.78 is 68.0. The third kappa shape index (κ3) is 5.31. The van der Waals surface area contributed by atoms with E-state index in [0.717, 1.165) is 22.3 Å². The lowest BCUT2D eigenvalue weighted by molar-refractivity contribution is -0.137. The number of nitrogens with two attached hydrogens (primary N) is 1. The van der Waals surface area contributed by atoms with Crippen LogP contribution in [0.3, 0.4) is 0 Å². The van der Waals surface area contributed by atoms with Gasteiger partial charge in [-0.3, -0.25) is 14.2 Å². The summed E-state index contributed by atoms with van der Waals surface area (Å²) in [6.07, 6.45) is -3.06.